The van der Waals surface area contributed by atoms with Crippen molar-refractivity contribution in [3.8, 4) is 0 Å². The summed E-state index contributed by atoms with van der Waals surface area (Å²) in [6, 6.07) is 0. The molecule has 1 heterocycles. The van der Waals surface area contributed by atoms with E-state index in [1.165, 1.54) is 6.92 Å². The van der Waals surface area contributed by atoms with Crippen LogP contribution in [0.5, 0.6) is 0 Å². The Kier molecular flexibility index (Phi) is 3.02. The number of hydrogen-bond donors (Lipinski definition) is 0. The van der Waals surface area contributed by atoms with E-state index in [0.29, 0.717) is 6.61 Å². The maximum absolute atomic E-state index is 10.3. The highest BCUT2D eigenvalue weighted by Crippen LogP contribution is 2.19. The highest BCUT2D eigenvalue weighted by atomic mass is 32.2. The third-order valence-electron chi connectivity index (χ3n) is 1.11. The van der Waals surface area contributed by atoms with Crippen LogP contribution in [0.25, 0.3) is 0 Å². The van der Waals surface area contributed by atoms with Gasteiger partial charge in [0.15, 0.2) is 0 Å². The van der Waals surface area contributed by atoms with Crippen LogP contribution in [0.1, 0.15) is 6.92 Å². The van der Waals surface area contributed by atoms with E-state index in [1.807, 2.05) is 0 Å². The van der Waals surface area contributed by atoms with Crippen molar-refractivity contribution in [1.82, 2.24) is 0 Å². The summed E-state index contributed by atoms with van der Waals surface area (Å²) in [7, 11) is 0. The normalized spacial score (nSPS) is 24.7. The molecule has 1 rings (SSSR count). The minimum absolute atomic E-state index is 0.0731. The van der Waals surface area contributed by atoms with Gasteiger partial charge in [-0.3, -0.25) is 4.79 Å². The van der Waals surface area contributed by atoms with Gasteiger partial charge in [0.05, 0.1) is 6.61 Å². The van der Waals surface area contributed by atoms with E-state index in [9.17, 15) is 4.79 Å². The minimum atomic E-state index is -0.240. The zero-order valence-corrected chi connectivity index (χ0v) is 6.65. The van der Waals surface area contributed by atoms with Gasteiger partial charge in [0.25, 0.3) is 0 Å². The average Bonchev–Trinajstić information content (AvgIpc) is 2.34. The molecule has 0 saturated carbocycles. The summed E-state index contributed by atoms with van der Waals surface area (Å²) in [5.41, 5.74) is 0.0731. The van der Waals surface area contributed by atoms with Gasteiger partial charge in [0.2, 0.25) is 0 Å². The Morgan fingerprint density at radius 1 is 1.90 bits per heavy atom. The predicted molar refractivity (Wildman–Crippen MR) is 38.8 cm³/mol. The molecule has 3 nitrogen and oxygen atoms in total. The summed E-state index contributed by atoms with van der Waals surface area (Å²) in [5.74, 6) is 0.766. The Morgan fingerprint density at radius 3 is 3.20 bits per heavy atom. The lowest BCUT2D eigenvalue weighted by Gasteiger charge is -2.06. The second kappa shape index (κ2) is 3.83. The second-order valence-corrected chi connectivity index (χ2v) is 3.24. The second-order valence-electron chi connectivity index (χ2n) is 1.97. The lowest BCUT2D eigenvalue weighted by Crippen LogP contribution is -2.13. The molecule has 0 aromatic rings. The molecule has 0 aromatic carbocycles. The lowest BCUT2D eigenvalue weighted by atomic mass is 10.7. The molecule has 0 N–H and O–H groups in total. The summed E-state index contributed by atoms with van der Waals surface area (Å²) < 4.78 is 9.93. The van der Waals surface area contributed by atoms with Gasteiger partial charge in [-0.25, -0.2) is 0 Å². The molecule has 0 amide bonds. The Morgan fingerprint density at radius 2 is 2.70 bits per heavy atom. The van der Waals surface area contributed by atoms with Gasteiger partial charge in [-0.15, -0.1) is 11.8 Å². The molecule has 10 heavy (non-hydrogen) atoms. The summed E-state index contributed by atoms with van der Waals surface area (Å²) >= 11 is 1.68. The molecule has 0 aromatic heterocycles. The lowest BCUT2D eigenvalue weighted by molar-refractivity contribution is -0.142. The number of carbonyl (C=O) groups excluding carboxylic acids is 1. The fourth-order valence-corrected chi connectivity index (χ4v) is 1.50. The fourth-order valence-electron chi connectivity index (χ4n) is 0.689. The maximum atomic E-state index is 10.3. The molecule has 0 aliphatic carbocycles. The summed E-state index contributed by atoms with van der Waals surface area (Å²) in [5, 5.41) is 0. The van der Waals surface area contributed by atoms with Crippen molar-refractivity contribution in [2.45, 2.75) is 12.4 Å². The largest absolute Gasteiger partial charge is 0.462 e. The Hall–Kier alpha value is -0.220. The number of esters is 1. The third-order valence-corrected chi connectivity index (χ3v) is 2.16. The minimum Gasteiger partial charge on any atom is -0.462 e. The third kappa shape index (κ3) is 2.58. The smallest absolute Gasteiger partial charge is 0.302 e. The van der Waals surface area contributed by atoms with Gasteiger partial charge in [-0.2, -0.15) is 0 Å². The van der Waals surface area contributed by atoms with Crippen LogP contribution in [0.2, 0.25) is 0 Å². The van der Waals surface area contributed by atoms with Crippen LogP contribution in [0.4, 0.5) is 0 Å². The van der Waals surface area contributed by atoms with Crippen molar-refractivity contribution >= 4 is 17.7 Å². The van der Waals surface area contributed by atoms with Crippen LogP contribution in [0.3, 0.4) is 0 Å². The van der Waals surface area contributed by atoms with Gasteiger partial charge in [-0.1, -0.05) is 0 Å². The molecule has 0 spiro atoms. The first-order chi connectivity index (χ1) is 4.79. The molecular weight excluding hydrogens is 152 g/mol. The Labute approximate surface area is 64.1 Å². The molecule has 1 aliphatic rings. The summed E-state index contributed by atoms with van der Waals surface area (Å²) in [4.78, 5) is 10.3. The van der Waals surface area contributed by atoms with E-state index >= 15 is 0 Å². The first-order valence-corrected chi connectivity index (χ1v) is 4.20. The standard InChI is InChI=1S/C6H10O3S/c1-5(7)9-4-6-8-2-3-10-6/h6H,2-4H2,1H3. The van der Waals surface area contributed by atoms with Crippen LogP contribution in [-0.4, -0.2) is 30.4 Å². The Bertz CT molecular complexity index is 120. The highest BCUT2D eigenvalue weighted by Gasteiger charge is 2.16. The molecule has 0 bridgehead atoms. The maximum Gasteiger partial charge on any atom is 0.302 e. The number of hydrogen-bond acceptors (Lipinski definition) is 4. The summed E-state index contributed by atoms with van der Waals surface area (Å²) in [6.07, 6.45) is 0. The number of ether oxygens (including phenoxy) is 2. The number of thioether (sulfide) groups is 1. The van der Waals surface area contributed by atoms with Crippen LogP contribution in [-0.2, 0) is 14.3 Å². The van der Waals surface area contributed by atoms with E-state index in [-0.39, 0.29) is 11.4 Å². The van der Waals surface area contributed by atoms with Gasteiger partial charge in [0.1, 0.15) is 12.0 Å². The molecule has 1 saturated heterocycles. The van der Waals surface area contributed by atoms with E-state index in [4.69, 9.17) is 9.47 Å². The molecule has 0 radical (unpaired) electrons. The molecule has 1 unspecified atom stereocenters. The zero-order chi connectivity index (χ0) is 7.40. The number of carbonyl (C=O) groups is 1. The SMILES string of the molecule is CC(=O)OCC1OCCS1. The van der Waals surface area contributed by atoms with Crippen molar-refractivity contribution < 1.29 is 14.3 Å². The van der Waals surface area contributed by atoms with Gasteiger partial charge < -0.3 is 9.47 Å². The molecule has 1 atom stereocenters. The van der Waals surface area contributed by atoms with Crippen LogP contribution in [0.15, 0.2) is 0 Å². The quantitative estimate of drug-likeness (QED) is 0.558. The highest BCUT2D eigenvalue weighted by molar-refractivity contribution is 8.00. The van der Waals surface area contributed by atoms with Gasteiger partial charge >= 0.3 is 5.97 Å². The molecule has 1 aliphatic heterocycles. The van der Waals surface area contributed by atoms with Crippen LogP contribution < -0.4 is 0 Å². The molecular formula is C6H10O3S. The van der Waals surface area contributed by atoms with Crippen molar-refractivity contribution in [2.75, 3.05) is 19.0 Å². The van der Waals surface area contributed by atoms with Crippen molar-refractivity contribution in [1.29, 1.82) is 0 Å². The fraction of sp³-hybridized carbons (Fsp3) is 0.833. The molecule has 4 heteroatoms. The van der Waals surface area contributed by atoms with Crippen molar-refractivity contribution in [3.63, 3.8) is 0 Å². The number of rotatable bonds is 2. The predicted octanol–water partition coefficient (Wildman–Crippen LogP) is 0.639. The molecule has 58 valence electrons. The van der Waals surface area contributed by atoms with Crippen LogP contribution >= 0.6 is 11.8 Å². The van der Waals surface area contributed by atoms with E-state index in [2.05, 4.69) is 0 Å². The van der Waals surface area contributed by atoms with E-state index in [1.54, 1.807) is 11.8 Å². The van der Waals surface area contributed by atoms with Crippen molar-refractivity contribution in [2.24, 2.45) is 0 Å². The molecule has 1 fully saturated rings. The van der Waals surface area contributed by atoms with Gasteiger partial charge in [0, 0.05) is 12.7 Å². The topological polar surface area (TPSA) is 35.5 Å². The average molecular weight is 162 g/mol. The zero-order valence-electron chi connectivity index (χ0n) is 5.83. The summed E-state index contributed by atoms with van der Waals surface area (Å²) in [6.45, 7) is 2.57. The van der Waals surface area contributed by atoms with E-state index in [0.717, 1.165) is 12.4 Å². The van der Waals surface area contributed by atoms with Gasteiger partial charge in [-0.05, 0) is 0 Å². The first kappa shape index (κ1) is 7.88. The van der Waals surface area contributed by atoms with Crippen LogP contribution in [0, 0.1) is 0 Å². The van der Waals surface area contributed by atoms with E-state index < -0.39 is 0 Å². The Balaban J connectivity index is 2.07. The van der Waals surface area contributed by atoms with Crippen molar-refractivity contribution in [3.05, 3.63) is 0 Å². The first-order valence-electron chi connectivity index (χ1n) is 3.15. The monoisotopic (exact) mass is 162 g/mol.